The maximum absolute atomic E-state index is 14.2. The number of halogens is 1. The summed E-state index contributed by atoms with van der Waals surface area (Å²) in [5, 5.41) is 0. The number of methoxy groups -OCH3 is 1. The number of nitrogens with two attached hydrogens (primary N) is 1. The number of aryl methyl sites for hydroxylation is 1. The second-order valence-electron chi connectivity index (χ2n) is 3.91. The Bertz CT molecular complexity index is 542. The molecule has 5 heteroatoms. The van der Waals surface area contributed by atoms with E-state index < -0.39 is 0 Å². The predicted molar refractivity (Wildman–Crippen MR) is 71.2 cm³/mol. The molecule has 0 radical (unpaired) electrons. The van der Waals surface area contributed by atoms with Crippen molar-refractivity contribution in [3.8, 4) is 5.75 Å². The van der Waals surface area contributed by atoms with Gasteiger partial charge in [-0.15, -0.1) is 11.3 Å². The molecule has 0 aliphatic carbocycles. The van der Waals surface area contributed by atoms with Crippen molar-refractivity contribution < 1.29 is 9.13 Å². The van der Waals surface area contributed by atoms with Crippen LogP contribution in [0.3, 0.4) is 0 Å². The smallest absolute Gasteiger partial charge is 0.170 e. The number of benzene rings is 1. The minimum Gasteiger partial charge on any atom is -0.494 e. The van der Waals surface area contributed by atoms with Crippen molar-refractivity contribution in [3.05, 3.63) is 51.5 Å². The van der Waals surface area contributed by atoms with Crippen LogP contribution in [0.1, 0.15) is 21.4 Å². The van der Waals surface area contributed by atoms with E-state index in [1.807, 2.05) is 19.1 Å². The quantitative estimate of drug-likeness (QED) is 0.661. The Morgan fingerprint density at radius 3 is 2.67 bits per heavy atom. The summed E-state index contributed by atoms with van der Waals surface area (Å²) in [6.45, 7) is 2.00. The molecule has 0 amide bonds. The highest BCUT2D eigenvalue weighted by Gasteiger charge is 2.20. The standard InChI is InChI=1S/C13H15FN2OS/c1-8-6-7-11(18-8)13(16-15)9-4-3-5-10(17-2)12(9)14/h3-7,13,16H,15H2,1-2H3. The fourth-order valence-corrected chi connectivity index (χ4v) is 2.80. The Morgan fingerprint density at radius 1 is 1.33 bits per heavy atom. The molecule has 96 valence electrons. The second kappa shape index (κ2) is 5.48. The van der Waals surface area contributed by atoms with Gasteiger partial charge in [0.05, 0.1) is 13.2 Å². The van der Waals surface area contributed by atoms with Gasteiger partial charge < -0.3 is 4.74 Å². The fourth-order valence-electron chi connectivity index (χ4n) is 1.84. The van der Waals surface area contributed by atoms with Crippen molar-refractivity contribution in [1.29, 1.82) is 0 Å². The first-order valence-electron chi connectivity index (χ1n) is 5.52. The Balaban J connectivity index is 2.45. The molecule has 0 saturated carbocycles. The first-order valence-corrected chi connectivity index (χ1v) is 6.34. The van der Waals surface area contributed by atoms with E-state index in [4.69, 9.17) is 10.6 Å². The third-order valence-corrected chi connectivity index (χ3v) is 3.80. The van der Waals surface area contributed by atoms with Crippen LogP contribution in [-0.4, -0.2) is 7.11 Å². The number of rotatable bonds is 4. The van der Waals surface area contributed by atoms with Crippen molar-refractivity contribution in [2.45, 2.75) is 13.0 Å². The van der Waals surface area contributed by atoms with Crippen LogP contribution >= 0.6 is 11.3 Å². The van der Waals surface area contributed by atoms with Gasteiger partial charge in [0.2, 0.25) is 0 Å². The molecule has 1 heterocycles. The Hall–Kier alpha value is -1.43. The van der Waals surface area contributed by atoms with Crippen LogP contribution < -0.4 is 16.0 Å². The maximum Gasteiger partial charge on any atom is 0.170 e. The molecule has 18 heavy (non-hydrogen) atoms. The highest BCUT2D eigenvalue weighted by molar-refractivity contribution is 7.12. The second-order valence-corrected chi connectivity index (χ2v) is 5.23. The Labute approximate surface area is 109 Å². The molecule has 0 saturated heterocycles. The van der Waals surface area contributed by atoms with Crippen molar-refractivity contribution in [2.75, 3.05) is 7.11 Å². The molecule has 1 aromatic heterocycles. The zero-order valence-corrected chi connectivity index (χ0v) is 11.1. The maximum atomic E-state index is 14.2. The number of nitrogens with one attached hydrogen (secondary N) is 1. The monoisotopic (exact) mass is 266 g/mol. The first kappa shape index (κ1) is 13.0. The fraction of sp³-hybridized carbons (Fsp3) is 0.231. The van der Waals surface area contributed by atoms with Crippen molar-refractivity contribution >= 4 is 11.3 Å². The van der Waals surface area contributed by atoms with E-state index in [2.05, 4.69) is 5.43 Å². The lowest BCUT2D eigenvalue weighted by Crippen LogP contribution is -2.29. The lowest BCUT2D eigenvalue weighted by molar-refractivity contribution is 0.382. The predicted octanol–water partition coefficient (Wildman–Crippen LogP) is 2.76. The van der Waals surface area contributed by atoms with Gasteiger partial charge in [0.1, 0.15) is 0 Å². The van der Waals surface area contributed by atoms with E-state index >= 15 is 0 Å². The van der Waals surface area contributed by atoms with Crippen LogP contribution in [0, 0.1) is 12.7 Å². The Morgan fingerprint density at radius 2 is 2.11 bits per heavy atom. The van der Waals surface area contributed by atoms with Gasteiger partial charge in [-0.3, -0.25) is 5.84 Å². The summed E-state index contributed by atoms with van der Waals surface area (Å²) in [5.74, 6) is 5.40. The molecule has 2 aromatic rings. The summed E-state index contributed by atoms with van der Waals surface area (Å²) >= 11 is 1.59. The molecule has 3 nitrogen and oxygen atoms in total. The number of thiophene rings is 1. The molecule has 1 unspecified atom stereocenters. The number of hydrogen-bond donors (Lipinski definition) is 2. The van der Waals surface area contributed by atoms with Gasteiger partial charge in [-0.1, -0.05) is 12.1 Å². The van der Waals surface area contributed by atoms with Gasteiger partial charge >= 0.3 is 0 Å². The summed E-state index contributed by atoms with van der Waals surface area (Å²) in [4.78, 5) is 2.13. The topological polar surface area (TPSA) is 47.3 Å². The molecule has 0 fully saturated rings. The lowest BCUT2D eigenvalue weighted by atomic mass is 10.0. The van der Waals surface area contributed by atoms with Gasteiger partial charge in [0, 0.05) is 15.3 Å². The van der Waals surface area contributed by atoms with Crippen LogP contribution in [0.15, 0.2) is 30.3 Å². The first-order chi connectivity index (χ1) is 8.67. The molecular weight excluding hydrogens is 251 g/mol. The summed E-state index contributed by atoms with van der Waals surface area (Å²) < 4.78 is 19.2. The van der Waals surface area contributed by atoms with Gasteiger partial charge in [0.25, 0.3) is 0 Å². The zero-order chi connectivity index (χ0) is 13.1. The molecule has 0 bridgehead atoms. The average molecular weight is 266 g/mol. The third-order valence-electron chi connectivity index (χ3n) is 2.74. The minimum absolute atomic E-state index is 0.223. The number of ether oxygens (including phenoxy) is 1. The highest BCUT2D eigenvalue weighted by Crippen LogP contribution is 2.32. The van der Waals surface area contributed by atoms with E-state index in [1.54, 1.807) is 29.5 Å². The molecule has 0 spiro atoms. The average Bonchev–Trinajstić information content (AvgIpc) is 2.79. The molecule has 3 N–H and O–H groups in total. The van der Waals surface area contributed by atoms with Gasteiger partial charge in [-0.2, -0.15) is 0 Å². The number of hydrogen-bond acceptors (Lipinski definition) is 4. The molecule has 1 atom stereocenters. The molecule has 0 aliphatic heterocycles. The SMILES string of the molecule is COc1cccc(C(NN)c2ccc(C)s2)c1F. The molecule has 2 rings (SSSR count). The summed E-state index contributed by atoms with van der Waals surface area (Å²) in [5.41, 5.74) is 3.14. The van der Waals surface area contributed by atoms with E-state index in [-0.39, 0.29) is 17.6 Å². The van der Waals surface area contributed by atoms with E-state index in [0.29, 0.717) is 5.56 Å². The van der Waals surface area contributed by atoms with Crippen LogP contribution in [-0.2, 0) is 0 Å². The minimum atomic E-state index is -0.381. The van der Waals surface area contributed by atoms with E-state index in [0.717, 1.165) is 9.75 Å². The zero-order valence-electron chi connectivity index (χ0n) is 10.2. The van der Waals surface area contributed by atoms with E-state index in [1.165, 1.54) is 7.11 Å². The van der Waals surface area contributed by atoms with Crippen LogP contribution in [0.5, 0.6) is 5.75 Å². The van der Waals surface area contributed by atoms with Crippen LogP contribution in [0.2, 0.25) is 0 Å². The summed E-state index contributed by atoms with van der Waals surface area (Å²) in [6, 6.07) is 8.62. The van der Waals surface area contributed by atoms with Crippen LogP contribution in [0.4, 0.5) is 4.39 Å². The van der Waals surface area contributed by atoms with Gasteiger partial charge in [0.15, 0.2) is 11.6 Å². The molecular formula is C13H15FN2OS. The largest absolute Gasteiger partial charge is 0.494 e. The van der Waals surface area contributed by atoms with Crippen molar-refractivity contribution in [3.63, 3.8) is 0 Å². The van der Waals surface area contributed by atoms with Gasteiger partial charge in [-0.05, 0) is 25.1 Å². The van der Waals surface area contributed by atoms with Crippen molar-refractivity contribution in [2.24, 2.45) is 5.84 Å². The summed E-state index contributed by atoms with van der Waals surface area (Å²) in [7, 11) is 1.45. The lowest BCUT2D eigenvalue weighted by Gasteiger charge is -2.16. The Kier molecular flexibility index (Phi) is 3.96. The molecule has 0 aliphatic rings. The highest BCUT2D eigenvalue weighted by atomic mass is 32.1. The normalized spacial score (nSPS) is 12.4. The molecule has 1 aromatic carbocycles. The summed E-state index contributed by atoms with van der Waals surface area (Å²) in [6.07, 6.45) is 0. The third kappa shape index (κ3) is 2.38. The van der Waals surface area contributed by atoms with Crippen LogP contribution in [0.25, 0.3) is 0 Å². The van der Waals surface area contributed by atoms with Gasteiger partial charge in [-0.25, -0.2) is 9.82 Å². The van der Waals surface area contributed by atoms with Crippen molar-refractivity contribution in [1.82, 2.24) is 5.43 Å². The number of hydrazine groups is 1. The van der Waals surface area contributed by atoms with E-state index in [9.17, 15) is 4.39 Å².